The van der Waals surface area contributed by atoms with Gasteiger partial charge in [0.05, 0.1) is 0 Å². The first-order chi connectivity index (χ1) is 6.86. The van der Waals surface area contributed by atoms with Crippen molar-refractivity contribution in [3.63, 3.8) is 0 Å². The molecule has 1 N–H and O–H groups in total. The maximum atomic E-state index is 3.92. The van der Waals surface area contributed by atoms with Crippen molar-refractivity contribution in [1.82, 2.24) is 10.2 Å². The molecule has 0 spiro atoms. The van der Waals surface area contributed by atoms with Gasteiger partial charge in [-0.15, -0.1) is 10.2 Å². The summed E-state index contributed by atoms with van der Waals surface area (Å²) >= 11 is 1.51. The molecule has 1 aromatic heterocycles. The molecule has 0 fully saturated rings. The van der Waals surface area contributed by atoms with Gasteiger partial charge in [0.1, 0.15) is 5.51 Å². The summed E-state index contributed by atoms with van der Waals surface area (Å²) in [6, 6.07) is 8.31. The average Bonchev–Trinajstić information content (AvgIpc) is 2.69. The molecule has 2 aromatic rings. The molecule has 0 atom stereocenters. The lowest BCUT2D eigenvalue weighted by molar-refractivity contribution is 1.04. The Hall–Kier alpha value is -1.42. The second-order valence-electron chi connectivity index (χ2n) is 3.02. The molecule has 0 unspecified atom stereocenters. The first kappa shape index (κ1) is 9.15. The molecule has 0 bridgehead atoms. The predicted molar refractivity (Wildman–Crippen MR) is 58.4 cm³/mol. The van der Waals surface area contributed by atoms with Gasteiger partial charge in [-0.1, -0.05) is 35.6 Å². The molecule has 1 heterocycles. The highest BCUT2D eigenvalue weighted by Crippen LogP contribution is 2.12. The van der Waals surface area contributed by atoms with Crippen molar-refractivity contribution < 1.29 is 0 Å². The molecule has 2 rings (SSSR count). The number of aryl methyl sites for hydroxylation is 1. The Morgan fingerprint density at radius 2 is 2.21 bits per heavy atom. The number of aromatic nitrogens is 2. The van der Waals surface area contributed by atoms with Gasteiger partial charge >= 0.3 is 0 Å². The third-order valence-electron chi connectivity index (χ3n) is 2.05. The zero-order valence-corrected chi connectivity index (χ0v) is 8.71. The van der Waals surface area contributed by atoms with Gasteiger partial charge in [-0.3, -0.25) is 0 Å². The van der Waals surface area contributed by atoms with Crippen LogP contribution in [-0.2, 0) is 6.54 Å². The van der Waals surface area contributed by atoms with E-state index in [9.17, 15) is 0 Å². The first-order valence-corrected chi connectivity index (χ1v) is 5.29. The lowest BCUT2D eigenvalue weighted by Gasteiger charge is -2.05. The predicted octanol–water partition coefficient (Wildman–Crippen LogP) is 2.46. The SMILES string of the molecule is Cc1ccccc1CNc1nncs1. The van der Waals surface area contributed by atoms with E-state index in [2.05, 4.69) is 34.6 Å². The van der Waals surface area contributed by atoms with Crippen LogP contribution in [0.25, 0.3) is 0 Å². The number of hydrogen-bond acceptors (Lipinski definition) is 4. The third-order valence-corrected chi connectivity index (χ3v) is 2.70. The summed E-state index contributed by atoms with van der Waals surface area (Å²) in [7, 11) is 0. The number of hydrogen-bond donors (Lipinski definition) is 1. The van der Waals surface area contributed by atoms with Crippen molar-refractivity contribution in [3.05, 3.63) is 40.9 Å². The quantitative estimate of drug-likeness (QED) is 0.836. The molecular weight excluding hydrogens is 194 g/mol. The first-order valence-electron chi connectivity index (χ1n) is 4.41. The van der Waals surface area contributed by atoms with Crippen molar-refractivity contribution in [1.29, 1.82) is 0 Å². The summed E-state index contributed by atoms with van der Waals surface area (Å²) in [4.78, 5) is 0. The van der Waals surface area contributed by atoms with Gasteiger partial charge in [0, 0.05) is 6.54 Å². The number of nitrogens with zero attached hydrogens (tertiary/aromatic N) is 2. The fourth-order valence-corrected chi connectivity index (χ4v) is 1.67. The summed E-state index contributed by atoms with van der Waals surface area (Å²) in [5.41, 5.74) is 4.31. The normalized spacial score (nSPS) is 10.1. The minimum atomic E-state index is 0.807. The summed E-state index contributed by atoms with van der Waals surface area (Å²) < 4.78 is 0. The summed E-state index contributed by atoms with van der Waals surface area (Å²) in [5.74, 6) is 0. The third kappa shape index (κ3) is 2.09. The van der Waals surface area contributed by atoms with Gasteiger partial charge in [-0.25, -0.2) is 0 Å². The number of anilines is 1. The summed E-state index contributed by atoms with van der Waals surface area (Å²) in [6.45, 7) is 2.92. The Morgan fingerprint density at radius 3 is 2.93 bits per heavy atom. The van der Waals surface area contributed by atoms with E-state index in [0.717, 1.165) is 11.7 Å². The standard InChI is InChI=1S/C10H11N3S/c1-8-4-2-3-5-9(8)6-11-10-13-12-7-14-10/h2-5,7H,6H2,1H3,(H,11,13). The monoisotopic (exact) mass is 205 g/mol. The van der Waals surface area contributed by atoms with Crippen LogP contribution in [0.15, 0.2) is 29.8 Å². The average molecular weight is 205 g/mol. The minimum Gasteiger partial charge on any atom is -0.356 e. The Morgan fingerprint density at radius 1 is 1.36 bits per heavy atom. The van der Waals surface area contributed by atoms with Crippen LogP contribution in [0, 0.1) is 6.92 Å². The fraction of sp³-hybridized carbons (Fsp3) is 0.200. The fourth-order valence-electron chi connectivity index (χ4n) is 1.23. The van der Waals surface area contributed by atoms with E-state index in [1.807, 2.05) is 12.1 Å². The topological polar surface area (TPSA) is 37.8 Å². The van der Waals surface area contributed by atoms with Gasteiger partial charge in [0.2, 0.25) is 5.13 Å². The van der Waals surface area contributed by atoms with Crippen molar-refractivity contribution in [2.45, 2.75) is 13.5 Å². The van der Waals surface area contributed by atoms with E-state index >= 15 is 0 Å². The van der Waals surface area contributed by atoms with Gasteiger partial charge in [-0.2, -0.15) is 0 Å². The highest BCUT2D eigenvalue weighted by molar-refractivity contribution is 7.13. The molecule has 14 heavy (non-hydrogen) atoms. The van der Waals surface area contributed by atoms with E-state index in [0.29, 0.717) is 0 Å². The second-order valence-corrected chi connectivity index (χ2v) is 3.86. The number of nitrogens with one attached hydrogen (secondary N) is 1. The van der Waals surface area contributed by atoms with Crippen LogP contribution < -0.4 is 5.32 Å². The molecule has 0 aliphatic carbocycles. The molecule has 0 saturated heterocycles. The highest BCUT2D eigenvalue weighted by atomic mass is 32.1. The van der Waals surface area contributed by atoms with Gasteiger partial charge < -0.3 is 5.32 Å². The van der Waals surface area contributed by atoms with Gasteiger partial charge in [-0.05, 0) is 18.1 Å². The van der Waals surface area contributed by atoms with Crippen molar-refractivity contribution in [2.24, 2.45) is 0 Å². The van der Waals surface area contributed by atoms with Crippen molar-refractivity contribution >= 4 is 16.5 Å². The maximum Gasteiger partial charge on any atom is 0.205 e. The van der Waals surface area contributed by atoms with E-state index in [-0.39, 0.29) is 0 Å². The lowest BCUT2D eigenvalue weighted by atomic mass is 10.1. The smallest absolute Gasteiger partial charge is 0.205 e. The van der Waals surface area contributed by atoms with Gasteiger partial charge in [0.25, 0.3) is 0 Å². The molecular formula is C10H11N3S. The van der Waals surface area contributed by atoms with Crippen LogP contribution in [0.3, 0.4) is 0 Å². The molecule has 1 aromatic carbocycles. The lowest BCUT2D eigenvalue weighted by Crippen LogP contribution is -2.00. The highest BCUT2D eigenvalue weighted by Gasteiger charge is 1.98. The second kappa shape index (κ2) is 4.19. The number of rotatable bonds is 3. The molecule has 0 aliphatic rings. The van der Waals surface area contributed by atoms with Crippen LogP contribution >= 0.6 is 11.3 Å². The summed E-state index contributed by atoms with van der Waals surface area (Å²) in [5, 5.41) is 11.8. The van der Waals surface area contributed by atoms with Crippen molar-refractivity contribution in [3.8, 4) is 0 Å². The van der Waals surface area contributed by atoms with Crippen LogP contribution in [0.2, 0.25) is 0 Å². The minimum absolute atomic E-state index is 0.807. The number of benzene rings is 1. The van der Waals surface area contributed by atoms with E-state index < -0.39 is 0 Å². The van der Waals surface area contributed by atoms with Crippen LogP contribution in [-0.4, -0.2) is 10.2 Å². The maximum absolute atomic E-state index is 3.92. The molecule has 0 amide bonds. The summed E-state index contributed by atoms with van der Waals surface area (Å²) in [6.07, 6.45) is 0. The van der Waals surface area contributed by atoms with E-state index in [1.165, 1.54) is 22.5 Å². The van der Waals surface area contributed by atoms with Crippen LogP contribution in [0.1, 0.15) is 11.1 Å². The molecule has 0 aliphatic heterocycles. The molecule has 0 radical (unpaired) electrons. The molecule has 72 valence electrons. The molecule has 0 saturated carbocycles. The van der Waals surface area contributed by atoms with E-state index in [4.69, 9.17) is 0 Å². The molecule has 4 heteroatoms. The zero-order valence-electron chi connectivity index (χ0n) is 7.90. The van der Waals surface area contributed by atoms with Crippen LogP contribution in [0.5, 0.6) is 0 Å². The Bertz CT molecular complexity index is 398. The van der Waals surface area contributed by atoms with Crippen LogP contribution in [0.4, 0.5) is 5.13 Å². The molecule has 3 nitrogen and oxygen atoms in total. The Balaban J connectivity index is 2.02. The van der Waals surface area contributed by atoms with Gasteiger partial charge in [0.15, 0.2) is 0 Å². The largest absolute Gasteiger partial charge is 0.356 e. The van der Waals surface area contributed by atoms with E-state index in [1.54, 1.807) is 5.51 Å². The Labute approximate surface area is 86.8 Å². The Kier molecular flexibility index (Phi) is 2.74. The van der Waals surface area contributed by atoms with Crippen molar-refractivity contribution in [2.75, 3.05) is 5.32 Å². The zero-order chi connectivity index (χ0) is 9.80.